The second-order valence-corrected chi connectivity index (χ2v) is 2.50. The molecule has 0 aromatic heterocycles. The molecule has 0 bridgehead atoms. The van der Waals surface area contributed by atoms with Gasteiger partial charge < -0.3 is 4.18 Å². The first kappa shape index (κ1) is 7.39. The fourth-order valence-corrected chi connectivity index (χ4v) is 0.969. The predicted molar refractivity (Wildman–Crippen MR) is 41.4 cm³/mol. The molecule has 6 heavy (non-hydrogen) atoms. The van der Waals surface area contributed by atoms with E-state index >= 15 is 0 Å². The fourth-order valence-electron chi connectivity index (χ4n) is 0.0688. The summed E-state index contributed by atoms with van der Waals surface area (Å²) in [6.07, 6.45) is 0. The average molecular weight is 236 g/mol. The summed E-state index contributed by atoms with van der Waals surface area (Å²) in [7, 11) is 0. The van der Waals surface area contributed by atoms with Crippen molar-refractivity contribution in [3.8, 4) is 0 Å². The van der Waals surface area contributed by atoms with E-state index in [0.717, 1.165) is 22.1 Å². The minimum absolute atomic E-state index is 0.786. The second-order valence-electron chi connectivity index (χ2n) is 0.585. The Morgan fingerprint density at radius 3 is 2.67 bits per heavy atom. The van der Waals surface area contributed by atoms with Crippen LogP contribution in [0.5, 0.6) is 0 Å². The van der Waals surface area contributed by atoms with Gasteiger partial charge in [-0.2, -0.15) is 0 Å². The van der Waals surface area contributed by atoms with Gasteiger partial charge in [0.05, 0.1) is 17.7 Å². The van der Waals surface area contributed by atoms with Crippen LogP contribution in [-0.4, -0.2) is 11.0 Å². The van der Waals surface area contributed by atoms with E-state index < -0.39 is 0 Å². The third-order valence-corrected chi connectivity index (χ3v) is 1.24. The van der Waals surface area contributed by atoms with E-state index in [2.05, 4.69) is 34.3 Å². The van der Waals surface area contributed by atoms with Crippen molar-refractivity contribution in [3.05, 3.63) is 0 Å². The lowest BCUT2D eigenvalue weighted by Crippen LogP contribution is -1.81. The molecule has 0 heterocycles. The number of rotatable bonds is 3. The Morgan fingerprint density at radius 1 is 1.83 bits per heavy atom. The zero-order chi connectivity index (χ0) is 4.83. The molecule has 0 N–H and O–H groups in total. The summed E-state index contributed by atoms with van der Waals surface area (Å²) in [5.41, 5.74) is 0. The highest BCUT2D eigenvalue weighted by Crippen LogP contribution is 2.05. The number of hydrogen-bond donors (Lipinski definition) is 1. The van der Waals surface area contributed by atoms with Gasteiger partial charge in [0.1, 0.15) is 0 Å². The van der Waals surface area contributed by atoms with Crippen molar-refractivity contribution in [3.63, 3.8) is 0 Å². The quantitative estimate of drug-likeness (QED) is 0.200. The summed E-state index contributed by atoms with van der Waals surface area (Å²) in [6.45, 7) is 0.786. The van der Waals surface area contributed by atoms with Gasteiger partial charge in [-0.05, 0) is 0 Å². The fraction of sp³-hybridized carbons (Fsp3) is 1.00. The Balaban J connectivity index is 2.34. The lowest BCUT2D eigenvalue weighted by Gasteiger charge is -1.87. The van der Waals surface area contributed by atoms with Gasteiger partial charge in [-0.1, -0.05) is 34.3 Å². The Bertz CT molecular complexity index is 23.5. The molecular formula is C2H5IOS2. The minimum atomic E-state index is 0.786. The molecule has 0 fully saturated rings. The summed E-state index contributed by atoms with van der Waals surface area (Å²) >= 11 is 7.10. The molecule has 0 aromatic carbocycles. The van der Waals surface area contributed by atoms with Crippen molar-refractivity contribution >= 4 is 45.3 Å². The number of hydrogen-bond acceptors (Lipinski definition) is 3. The molecule has 0 amide bonds. The van der Waals surface area contributed by atoms with Crippen LogP contribution in [0.4, 0.5) is 0 Å². The van der Waals surface area contributed by atoms with E-state index in [1.54, 1.807) is 0 Å². The van der Waals surface area contributed by atoms with Crippen molar-refractivity contribution in [2.45, 2.75) is 0 Å². The van der Waals surface area contributed by atoms with E-state index in [0.29, 0.717) is 0 Å². The number of thiol groups is 1. The maximum atomic E-state index is 4.76. The largest absolute Gasteiger partial charge is 0.304 e. The van der Waals surface area contributed by atoms with E-state index in [1.165, 1.54) is 0 Å². The second kappa shape index (κ2) is 6.39. The van der Waals surface area contributed by atoms with Crippen molar-refractivity contribution in [1.29, 1.82) is 0 Å². The average Bonchev–Trinajstić information content (AvgIpc) is 1.61. The topological polar surface area (TPSA) is 9.23 Å². The standard InChI is InChI=1S/C2H5IOS2/c3-1-2-4-6-5/h5H,1-2H2. The van der Waals surface area contributed by atoms with Gasteiger partial charge in [0.15, 0.2) is 0 Å². The summed E-state index contributed by atoms with van der Waals surface area (Å²) < 4.78 is 5.79. The summed E-state index contributed by atoms with van der Waals surface area (Å²) in [5, 5.41) is 0. The van der Waals surface area contributed by atoms with Crippen LogP contribution in [0.1, 0.15) is 0 Å². The molecule has 0 saturated carbocycles. The van der Waals surface area contributed by atoms with Crippen LogP contribution in [0, 0.1) is 0 Å². The van der Waals surface area contributed by atoms with Gasteiger partial charge >= 0.3 is 0 Å². The van der Waals surface area contributed by atoms with Crippen LogP contribution < -0.4 is 0 Å². The Labute approximate surface area is 60.4 Å². The Kier molecular flexibility index (Phi) is 7.87. The maximum absolute atomic E-state index is 4.76. The molecule has 0 aliphatic carbocycles. The van der Waals surface area contributed by atoms with Crippen LogP contribution in [-0.2, 0) is 4.18 Å². The molecule has 0 saturated heterocycles. The minimum Gasteiger partial charge on any atom is -0.304 e. The lowest BCUT2D eigenvalue weighted by molar-refractivity contribution is 0.416. The molecule has 0 unspecified atom stereocenters. The molecule has 0 aromatic rings. The normalized spacial score (nSPS) is 9.00. The molecule has 1 nitrogen and oxygen atoms in total. The van der Waals surface area contributed by atoms with Crippen molar-refractivity contribution in [1.82, 2.24) is 0 Å². The van der Waals surface area contributed by atoms with Gasteiger partial charge in [-0.3, -0.25) is 0 Å². The first-order valence-corrected chi connectivity index (χ1v) is 4.72. The lowest BCUT2D eigenvalue weighted by atomic mass is 10.9. The Morgan fingerprint density at radius 2 is 2.50 bits per heavy atom. The summed E-state index contributed by atoms with van der Waals surface area (Å²) in [5.74, 6) is 0. The number of alkyl halides is 1. The third-order valence-electron chi connectivity index (χ3n) is 0.213. The van der Waals surface area contributed by atoms with Gasteiger partial charge in [0.25, 0.3) is 0 Å². The number of halogens is 1. The first-order valence-electron chi connectivity index (χ1n) is 1.41. The zero-order valence-electron chi connectivity index (χ0n) is 3.06. The molecule has 0 atom stereocenters. The first-order chi connectivity index (χ1) is 2.91. The van der Waals surface area contributed by atoms with Gasteiger partial charge in [0.2, 0.25) is 0 Å². The smallest absolute Gasteiger partial charge is 0.0713 e. The van der Waals surface area contributed by atoms with E-state index in [1.807, 2.05) is 0 Å². The van der Waals surface area contributed by atoms with Crippen LogP contribution in [0.15, 0.2) is 0 Å². The van der Waals surface area contributed by atoms with Crippen LogP contribution >= 0.6 is 45.3 Å². The van der Waals surface area contributed by atoms with Gasteiger partial charge in [-0.25, -0.2) is 0 Å². The third kappa shape index (κ3) is 5.39. The van der Waals surface area contributed by atoms with Crippen molar-refractivity contribution < 1.29 is 4.18 Å². The zero-order valence-corrected chi connectivity index (χ0v) is 6.92. The summed E-state index contributed by atoms with van der Waals surface area (Å²) in [4.78, 5) is 0. The van der Waals surface area contributed by atoms with Crippen LogP contribution in [0.25, 0.3) is 0 Å². The van der Waals surface area contributed by atoms with Crippen molar-refractivity contribution in [2.75, 3.05) is 11.0 Å². The molecule has 38 valence electrons. The SMILES string of the molecule is SSOCCI. The molecule has 0 aliphatic rings. The molecule has 4 heteroatoms. The van der Waals surface area contributed by atoms with Gasteiger partial charge in [0, 0.05) is 4.43 Å². The van der Waals surface area contributed by atoms with Crippen molar-refractivity contribution in [2.24, 2.45) is 0 Å². The highest BCUT2D eigenvalue weighted by atomic mass is 127. The maximum Gasteiger partial charge on any atom is 0.0713 e. The van der Waals surface area contributed by atoms with E-state index in [9.17, 15) is 0 Å². The molecule has 0 rings (SSSR count). The van der Waals surface area contributed by atoms with E-state index in [-0.39, 0.29) is 0 Å². The molecule has 0 aliphatic heterocycles. The monoisotopic (exact) mass is 236 g/mol. The molecular weight excluding hydrogens is 231 g/mol. The highest BCUT2D eigenvalue weighted by molar-refractivity contribution is 14.1. The van der Waals surface area contributed by atoms with E-state index in [4.69, 9.17) is 4.18 Å². The Hall–Kier alpha value is 1.39. The summed E-state index contributed by atoms with van der Waals surface area (Å²) in [6, 6.07) is 0. The van der Waals surface area contributed by atoms with Crippen LogP contribution in [0.2, 0.25) is 0 Å². The highest BCUT2D eigenvalue weighted by Gasteiger charge is 1.76. The predicted octanol–water partition coefficient (Wildman–Crippen LogP) is 1.93. The molecule has 0 radical (unpaired) electrons. The van der Waals surface area contributed by atoms with Gasteiger partial charge in [-0.15, -0.1) is 0 Å². The molecule has 0 spiro atoms. The van der Waals surface area contributed by atoms with Crippen LogP contribution in [0.3, 0.4) is 0 Å².